The van der Waals surface area contributed by atoms with E-state index in [0.29, 0.717) is 12.2 Å². The lowest BCUT2D eigenvalue weighted by molar-refractivity contribution is -0.155. The Bertz CT molecular complexity index is 1290. The molecule has 1 aliphatic rings. The Morgan fingerprint density at radius 3 is 2.34 bits per heavy atom. The maximum Gasteiger partial charge on any atom is 0.347 e. The molecule has 2 N–H and O–H groups in total. The van der Waals surface area contributed by atoms with Crippen LogP contribution in [-0.4, -0.2) is 24.6 Å². The van der Waals surface area contributed by atoms with E-state index in [4.69, 9.17) is 15.2 Å². The maximum absolute atomic E-state index is 12.4. The van der Waals surface area contributed by atoms with Crippen LogP contribution in [0.2, 0.25) is 0 Å². The van der Waals surface area contributed by atoms with Gasteiger partial charge in [0.1, 0.15) is 5.75 Å². The van der Waals surface area contributed by atoms with E-state index in [1.807, 2.05) is 43.3 Å². The third-order valence-electron chi connectivity index (χ3n) is 6.01. The van der Waals surface area contributed by atoms with Crippen molar-refractivity contribution in [2.75, 3.05) is 6.61 Å². The van der Waals surface area contributed by atoms with Crippen molar-refractivity contribution in [3.8, 4) is 16.9 Å². The maximum atomic E-state index is 12.4. The second-order valence-corrected chi connectivity index (χ2v) is 8.34. The van der Waals surface area contributed by atoms with Crippen LogP contribution >= 0.6 is 0 Å². The number of allylic oxidation sites excluding steroid dienone is 2. The van der Waals surface area contributed by atoms with Crippen molar-refractivity contribution >= 4 is 29.6 Å². The van der Waals surface area contributed by atoms with Crippen LogP contribution in [0.15, 0.2) is 78.4 Å². The summed E-state index contributed by atoms with van der Waals surface area (Å²) in [6.07, 6.45) is 4.78. The number of carbonyl (C=O) groups is 2. The molecule has 3 aromatic carbocycles. The van der Waals surface area contributed by atoms with E-state index in [-0.39, 0.29) is 0 Å². The summed E-state index contributed by atoms with van der Waals surface area (Å²) in [5.74, 6) is -0.694. The number of fused-ring (bicyclic) bond motifs is 1. The fraction of sp³-hybridized carbons (Fsp3) is 0.200. The lowest BCUT2D eigenvalue weighted by atomic mass is 9.94. The van der Waals surface area contributed by atoms with E-state index < -0.39 is 24.6 Å². The molecule has 5 heteroatoms. The quantitative estimate of drug-likeness (QED) is 0.398. The summed E-state index contributed by atoms with van der Waals surface area (Å²) in [4.78, 5) is 23.4. The molecule has 0 saturated carbocycles. The van der Waals surface area contributed by atoms with E-state index in [0.717, 1.165) is 34.2 Å². The number of rotatable bonds is 9. The Kier molecular flexibility index (Phi) is 7.46. The van der Waals surface area contributed by atoms with Gasteiger partial charge in [0.05, 0.1) is 0 Å². The van der Waals surface area contributed by atoms with Crippen molar-refractivity contribution in [3.63, 3.8) is 0 Å². The van der Waals surface area contributed by atoms with Gasteiger partial charge < -0.3 is 15.2 Å². The molecule has 1 atom stereocenters. The van der Waals surface area contributed by atoms with E-state index in [1.54, 1.807) is 0 Å². The molecule has 4 rings (SSSR count). The molecular formula is C30H29NO4. The molecule has 35 heavy (non-hydrogen) atoms. The van der Waals surface area contributed by atoms with Gasteiger partial charge in [-0.2, -0.15) is 0 Å². The van der Waals surface area contributed by atoms with Gasteiger partial charge in [-0.25, -0.2) is 4.79 Å². The van der Waals surface area contributed by atoms with Crippen molar-refractivity contribution in [1.29, 1.82) is 0 Å². The van der Waals surface area contributed by atoms with Crippen LogP contribution in [0.3, 0.4) is 0 Å². The number of ether oxygens (including phenoxy) is 2. The smallest absolute Gasteiger partial charge is 0.347 e. The molecule has 0 heterocycles. The number of benzene rings is 3. The van der Waals surface area contributed by atoms with E-state index >= 15 is 0 Å². The van der Waals surface area contributed by atoms with Crippen LogP contribution in [0.4, 0.5) is 0 Å². The molecule has 0 spiro atoms. The predicted octanol–water partition coefficient (Wildman–Crippen LogP) is 5.89. The third-order valence-corrected chi connectivity index (χ3v) is 6.01. The molecule has 0 aromatic heterocycles. The predicted molar refractivity (Wildman–Crippen MR) is 139 cm³/mol. The van der Waals surface area contributed by atoms with E-state index in [1.165, 1.54) is 11.1 Å². The summed E-state index contributed by atoms with van der Waals surface area (Å²) >= 11 is 0. The minimum atomic E-state index is -0.828. The zero-order valence-corrected chi connectivity index (χ0v) is 20.0. The van der Waals surface area contributed by atoms with Gasteiger partial charge in [-0.15, -0.1) is 0 Å². The highest BCUT2D eigenvalue weighted by molar-refractivity contribution is 6.03. The average Bonchev–Trinajstić information content (AvgIpc) is 3.24. The Morgan fingerprint density at radius 2 is 1.63 bits per heavy atom. The van der Waals surface area contributed by atoms with Gasteiger partial charge >= 0.3 is 5.97 Å². The number of amides is 1. The second kappa shape index (κ2) is 10.9. The van der Waals surface area contributed by atoms with Crippen molar-refractivity contribution in [3.05, 3.63) is 95.1 Å². The van der Waals surface area contributed by atoms with E-state index in [2.05, 4.69) is 55.5 Å². The zero-order valence-electron chi connectivity index (χ0n) is 20.0. The number of primary amides is 1. The summed E-state index contributed by atoms with van der Waals surface area (Å²) in [7, 11) is 0. The van der Waals surface area contributed by atoms with Crippen LogP contribution in [0.5, 0.6) is 5.75 Å². The largest absolute Gasteiger partial charge is 0.478 e. The molecule has 0 aliphatic heterocycles. The highest BCUT2D eigenvalue weighted by Crippen LogP contribution is 2.43. The Hall–Kier alpha value is -4.12. The molecule has 0 fully saturated rings. The molecule has 0 radical (unpaired) electrons. The first kappa shape index (κ1) is 24.0. The lowest BCUT2D eigenvalue weighted by Crippen LogP contribution is -2.32. The van der Waals surface area contributed by atoms with Gasteiger partial charge in [-0.05, 0) is 64.5 Å². The molecule has 5 nitrogen and oxygen atoms in total. The minimum Gasteiger partial charge on any atom is -0.478 e. The highest BCUT2D eigenvalue weighted by Gasteiger charge is 2.26. The zero-order chi connectivity index (χ0) is 24.8. The first-order valence-corrected chi connectivity index (χ1v) is 11.8. The van der Waals surface area contributed by atoms with Crippen LogP contribution in [0.25, 0.3) is 28.9 Å². The van der Waals surface area contributed by atoms with Gasteiger partial charge in [0, 0.05) is 5.56 Å². The van der Waals surface area contributed by atoms with Crippen molar-refractivity contribution < 1.29 is 19.1 Å². The molecule has 0 saturated heterocycles. The Balaban J connectivity index is 1.70. The topological polar surface area (TPSA) is 78.6 Å². The van der Waals surface area contributed by atoms with Crippen LogP contribution in [-0.2, 0) is 14.3 Å². The molecular weight excluding hydrogens is 438 g/mol. The first-order valence-electron chi connectivity index (χ1n) is 11.8. The molecule has 1 amide bonds. The first-order chi connectivity index (χ1) is 17.0. The summed E-state index contributed by atoms with van der Waals surface area (Å²) < 4.78 is 11.1. The SMILES string of the molecule is CCC1=Cc2c(OC(CC)C(=O)OCC(N)=O)cccc2C1=Cc1ccccc1-c1ccccc1. The number of hydrogen-bond acceptors (Lipinski definition) is 4. The number of esters is 1. The van der Waals surface area contributed by atoms with Gasteiger partial charge in [0.2, 0.25) is 0 Å². The van der Waals surface area contributed by atoms with Crippen LogP contribution in [0.1, 0.15) is 43.4 Å². The number of nitrogens with two attached hydrogens (primary N) is 1. The number of carbonyl (C=O) groups excluding carboxylic acids is 2. The average molecular weight is 468 g/mol. The summed E-state index contributed by atoms with van der Waals surface area (Å²) in [5.41, 5.74) is 12.9. The van der Waals surface area contributed by atoms with E-state index in [9.17, 15) is 9.59 Å². The standard InChI is InChI=1S/C30H29NO4/c1-3-20-17-26-24(15-10-16-28(26)35-27(4-2)30(33)34-19-29(31)32)25(20)18-22-13-8-9-14-23(22)21-11-6-5-7-12-21/h5-18,27H,3-4,19H2,1-2H3,(H2,31,32). The summed E-state index contributed by atoms with van der Waals surface area (Å²) in [6, 6.07) is 24.6. The second-order valence-electron chi connectivity index (χ2n) is 8.34. The van der Waals surface area contributed by atoms with Gasteiger partial charge in [0.15, 0.2) is 12.7 Å². The number of hydrogen-bond donors (Lipinski definition) is 1. The molecule has 1 aliphatic carbocycles. The van der Waals surface area contributed by atoms with Crippen LogP contribution < -0.4 is 10.5 Å². The highest BCUT2D eigenvalue weighted by atomic mass is 16.6. The Morgan fingerprint density at radius 1 is 0.914 bits per heavy atom. The van der Waals surface area contributed by atoms with Crippen molar-refractivity contribution in [2.24, 2.45) is 5.73 Å². The van der Waals surface area contributed by atoms with Gasteiger partial charge in [0.25, 0.3) is 5.91 Å². The fourth-order valence-corrected chi connectivity index (χ4v) is 4.26. The molecule has 3 aromatic rings. The fourth-order valence-electron chi connectivity index (χ4n) is 4.26. The van der Waals surface area contributed by atoms with Crippen molar-refractivity contribution in [1.82, 2.24) is 0 Å². The summed E-state index contributed by atoms with van der Waals surface area (Å²) in [6.45, 7) is 3.50. The summed E-state index contributed by atoms with van der Waals surface area (Å²) in [5, 5.41) is 0. The van der Waals surface area contributed by atoms with Crippen molar-refractivity contribution in [2.45, 2.75) is 32.8 Å². The third kappa shape index (κ3) is 5.35. The lowest BCUT2D eigenvalue weighted by Gasteiger charge is -2.18. The molecule has 1 unspecified atom stereocenters. The molecule has 0 bridgehead atoms. The van der Waals surface area contributed by atoms with Gasteiger partial charge in [-0.1, -0.05) is 80.6 Å². The van der Waals surface area contributed by atoms with Crippen LogP contribution in [0, 0.1) is 0 Å². The monoisotopic (exact) mass is 467 g/mol. The Labute approximate surface area is 205 Å². The molecule has 178 valence electrons. The normalized spacial score (nSPS) is 14.2. The van der Waals surface area contributed by atoms with Gasteiger partial charge in [-0.3, -0.25) is 4.79 Å². The minimum absolute atomic E-state index is 0.402.